The van der Waals surface area contributed by atoms with E-state index in [9.17, 15) is 14.0 Å². The van der Waals surface area contributed by atoms with Crippen LogP contribution in [-0.4, -0.2) is 36.9 Å². The highest BCUT2D eigenvalue weighted by atomic mass is 19.1. The fourth-order valence-corrected chi connectivity index (χ4v) is 1.67. The Hall–Kier alpha value is -1.91. The second-order valence-electron chi connectivity index (χ2n) is 5.34. The summed E-state index contributed by atoms with van der Waals surface area (Å²) in [5.74, 6) is -0.974. The van der Waals surface area contributed by atoms with E-state index in [1.165, 1.54) is 24.1 Å². The summed E-state index contributed by atoms with van der Waals surface area (Å²) >= 11 is 0. The number of aryl methyl sites for hydroxylation is 1. The van der Waals surface area contributed by atoms with Crippen molar-refractivity contribution in [2.75, 3.05) is 20.1 Å². The zero-order chi connectivity index (χ0) is 15.3. The van der Waals surface area contributed by atoms with Crippen molar-refractivity contribution in [3.63, 3.8) is 0 Å². The minimum atomic E-state index is -0.574. The van der Waals surface area contributed by atoms with Gasteiger partial charge < -0.3 is 10.2 Å². The molecule has 0 radical (unpaired) electrons. The van der Waals surface area contributed by atoms with Gasteiger partial charge in [0.05, 0.1) is 12.1 Å². The number of nitrogens with one attached hydrogen (secondary N) is 1. The molecule has 0 spiro atoms. The van der Waals surface area contributed by atoms with Crippen LogP contribution < -0.4 is 5.32 Å². The van der Waals surface area contributed by atoms with Crippen molar-refractivity contribution in [1.29, 1.82) is 0 Å². The van der Waals surface area contributed by atoms with Gasteiger partial charge in [-0.2, -0.15) is 0 Å². The molecule has 0 saturated carbocycles. The maximum atomic E-state index is 13.6. The monoisotopic (exact) mass is 280 g/mol. The van der Waals surface area contributed by atoms with Gasteiger partial charge >= 0.3 is 0 Å². The van der Waals surface area contributed by atoms with Crippen LogP contribution in [-0.2, 0) is 4.79 Å². The number of likely N-dealkylation sites (N-methyl/N-ethyl adjacent to an activating group) is 1. The van der Waals surface area contributed by atoms with Gasteiger partial charge in [0.15, 0.2) is 0 Å². The molecule has 110 valence electrons. The lowest BCUT2D eigenvalue weighted by Crippen LogP contribution is -2.39. The largest absolute Gasteiger partial charge is 0.354 e. The molecule has 0 heterocycles. The van der Waals surface area contributed by atoms with Crippen LogP contribution in [0.15, 0.2) is 18.2 Å². The Morgan fingerprint density at radius 1 is 1.35 bits per heavy atom. The van der Waals surface area contributed by atoms with E-state index >= 15 is 0 Å². The molecule has 0 aliphatic rings. The Morgan fingerprint density at radius 3 is 2.60 bits per heavy atom. The van der Waals surface area contributed by atoms with Crippen LogP contribution in [0, 0.1) is 18.7 Å². The van der Waals surface area contributed by atoms with Crippen molar-refractivity contribution < 1.29 is 14.0 Å². The number of benzene rings is 1. The maximum absolute atomic E-state index is 13.6. The van der Waals surface area contributed by atoms with Crippen LogP contribution in [0.1, 0.15) is 29.8 Å². The van der Waals surface area contributed by atoms with Gasteiger partial charge in [-0.15, -0.1) is 0 Å². The highest BCUT2D eigenvalue weighted by Crippen LogP contribution is 2.12. The highest BCUT2D eigenvalue weighted by molar-refractivity contribution is 5.96. The summed E-state index contributed by atoms with van der Waals surface area (Å²) in [6.07, 6.45) is 0. The fourth-order valence-electron chi connectivity index (χ4n) is 1.67. The number of rotatable bonds is 5. The van der Waals surface area contributed by atoms with Crippen LogP contribution in [0.3, 0.4) is 0 Å². The molecule has 0 unspecified atom stereocenters. The summed E-state index contributed by atoms with van der Waals surface area (Å²) in [5.41, 5.74) is 0.788. The van der Waals surface area contributed by atoms with Crippen molar-refractivity contribution in [2.45, 2.75) is 20.8 Å². The average Bonchev–Trinajstić information content (AvgIpc) is 2.38. The predicted octanol–water partition coefficient (Wildman–Crippen LogP) is 1.98. The Bertz CT molecular complexity index is 501. The first-order chi connectivity index (χ1) is 9.31. The molecule has 1 aromatic carbocycles. The van der Waals surface area contributed by atoms with Crippen molar-refractivity contribution in [3.05, 3.63) is 35.1 Å². The van der Waals surface area contributed by atoms with Gasteiger partial charge in [-0.05, 0) is 25.0 Å². The minimum absolute atomic E-state index is 0.0100. The minimum Gasteiger partial charge on any atom is -0.354 e. The maximum Gasteiger partial charge on any atom is 0.257 e. The standard InChI is InChI=1S/C15H21FN2O2/c1-10(2)8-17-14(19)9-18(4)15(20)12-7-11(3)5-6-13(12)16/h5-7,10H,8-9H2,1-4H3,(H,17,19). The summed E-state index contributed by atoms with van der Waals surface area (Å²) in [6.45, 7) is 6.22. The fraction of sp³-hybridized carbons (Fsp3) is 0.467. The molecular formula is C15H21FN2O2. The molecule has 0 bridgehead atoms. The van der Waals surface area contributed by atoms with E-state index in [-0.39, 0.29) is 18.0 Å². The van der Waals surface area contributed by atoms with E-state index in [4.69, 9.17) is 0 Å². The van der Waals surface area contributed by atoms with Crippen LogP contribution in [0.25, 0.3) is 0 Å². The van der Waals surface area contributed by atoms with Gasteiger partial charge in [-0.1, -0.05) is 25.5 Å². The smallest absolute Gasteiger partial charge is 0.257 e. The highest BCUT2D eigenvalue weighted by Gasteiger charge is 2.18. The molecule has 1 N–H and O–H groups in total. The molecular weight excluding hydrogens is 259 g/mol. The van der Waals surface area contributed by atoms with Gasteiger partial charge in [-0.3, -0.25) is 9.59 Å². The quantitative estimate of drug-likeness (QED) is 0.896. The first-order valence-electron chi connectivity index (χ1n) is 6.59. The summed E-state index contributed by atoms with van der Waals surface area (Å²) in [7, 11) is 1.49. The first kappa shape index (κ1) is 16.1. The lowest BCUT2D eigenvalue weighted by Gasteiger charge is -2.18. The van der Waals surface area contributed by atoms with Crippen LogP contribution in [0.5, 0.6) is 0 Å². The van der Waals surface area contributed by atoms with Crippen molar-refractivity contribution in [3.8, 4) is 0 Å². The molecule has 0 saturated heterocycles. The number of nitrogens with zero attached hydrogens (tertiary/aromatic N) is 1. The van der Waals surface area contributed by atoms with Crippen molar-refractivity contribution in [2.24, 2.45) is 5.92 Å². The number of amides is 2. The normalized spacial score (nSPS) is 10.5. The Kier molecular flexibility index (Phi) is 5.67. The van der Waals surface area contributed by atoms with E-state index in [0.717, 1.165) is 5.56 Å². The number of halogens is 1. The second-order valence-corrected chi connectivity index (χ2v) is 5.34. The van der Waals surface area contributed by atoms with Crippen LogP contribution >= 0.6 is 0 Å². The third-order valence-corrected chi connectivity index (χ3v) is 2.79. The van der Waals surface area contributed by atoms with Gasteiger partial charge in [0, 0.05) is 13.6 Å². The van der Waals surface area contributed by atoms with Gasteiger partial charge in [0.2, 0.25) is 5.91 Å². The summed E-state index contributed by atoms with van der Waals surface area (Å²) in [4.78, 5) is 25.0. The molecule has 0 fully saturated rings. The number of carbonyl (C=O) groups is 2. The number of hydrogen-bond donors (Lipinski definition) is 1. The topological polar surface area (TPSA) is 49.4 Å². The third-order valence-electron chi connectivity index (χ3n) is 2.79. The molecule has 20 heavy (non-hydrogen) atoms. The van der Waals surface area contributed by atoms with E-state index in [1.54, 1.807) is 13.0 Å². The SMILES string of the molecule is Cc1ccc(F)c(C(=O)N(C)CC(=O)NCC(C)C)c1. The summed E-state index contributed by atoms with van der Waals surface area (Å²) in [5, 5.41) is 2.72. The Morgan fingerprint density at radius 2 is 2.00 bits per heavy atom. The predicted molar refractivity (Wildman–Crippen MR) is 75.9 cm³/mol. The number of carbonyl (C=O) groups excluding carboxylic acids is 2. The average molecular weight is 280 g/mol. The third kappa shape index (κ3) is 4.64. The molecule has 5 heteroatoms. The molecule has 4 nitrogen and oxygen atoms in total. The van der Waals surface area contributed by atoms with Gasteiger partial charge in [-0.25, -0.2) is 4.39 Å². The van der Waals surface area contributed by atoms with E-state index in [0.29, 0.717) is 12.5 Å². The summed E-state index contributed by atoms with van der Waals surface area (Å²) in [6, 6.07) is 4.34. The Balaban J connectivity index is 2.67. The number of hydrogen-bond acceptors (Lipinski definition) is 2. The molecule has 0 aliphatic heterocycles. The Labute approximate surface area is 119 Å². The first-order valence-corrected chi connectivity index (χ1v) is 6.59. The van der Waals surface area contributed by atoms with Gasteiger partial charge in [0.1, 0.15) is 5.82 Å². The van der Waals surface area contributed by atoms with Crippen LogP contribution in [0.2, 0.25) is 0 Å². The summed E-state index contributed by atoms with van der Waals surface area (Å²) < 4.78 is 13.6. The van der Waals surface area contributed by atoms with E-state index in [2.05, 4.69) is 5.32 Å². The molecule has 0 atom stereocenters. The lowest BCUT2D eigenvalue weighted by atomic mass is 10.1. The second kappa shape index (κ2) is 7.03. The van der Waals surface area contributed by atoms with E-state index in [1.807, 2.05) is 13.8 Å². The van der Waals surface area contributed by atoms with Crippen LogP contribution in [0.4, 0.5) is 4.39 Å². The zero-order valence-corrected chi connectivity index (χ0v) is 12.4. The molecule has 0 aliphatic carbocycles. The van der Waals surface area contributed by atoms with Crippen molar-refractivity contribution >= 4 is 11.8 Å². The van der Waals surface area contributed by atoms with Gasteiger partial charge in [0.25, 0.3) is 5.91 Å². The van der Waals surface area contributed by atoms with E-state index < -0.39 is 11.7 Å². The molecule has 0 aromatic heterocycles. The van der Waals surface area contributed by atoms with Crippen molar-refractivity contribution in [1.82, 2.24) is 10.2 Å². The molecule has 1 aromatic rings. The molecule has 2 amide bonds. The zero-order valence-electron chi connectivity index (χ0n) is 12.4. The molecule has 1 rings (SSSR count). The lowest BCUT2D eigenvalue weighted by molar-refractivity contribution is -0.121.